The molecular formula is C13H18N4O4. The molecule has 0 bridgehead atoms. The van der Waals surface area contributed by atoms with Gasteiger partial charge in [0.1, 0.15) is 5.69 Å². The second kappa shape index (κ2) is 6.38. The van der Waals surface area contributed by atoms with E-state index in [0.29, 0.717) is 31.9 Å². The Balaban J connectivity index is 2.24. The molecule has 0 aromatic carbocycles. The summed E-state index contributed by atoms with van der Waals surface area (Å²) in [6, 6.07) is 1.30. The van der Waals surface area contributed by atoms with Crippen LogP contribution in [0.1, 0.15) is 30.3 Å². The van der Waals surface area contributed by atoms with Crippen molar-refractivity contribution < 1.29 is 14.5 Å². The van der Waals surface area contributed by atoms with Gasteiger partial charge in [-0.2, -0.15) is 0 Å². The Kier molecular flexibility index (Phi) is 4.56. The van der Waals surface area contributed by atoms with Crippen LogP contribution in [0.25, 0.3) is 0 Å². The molecule has 2 amide bonds. The first-order valence-electron chi connectivity index (χ1n) is 6.93. The second-order valence-corrected chi connectivity index (χ2v) is 4.93. The molecule has 1 aliphatic heterocycles. The summed E-state index contributed by atoms with van der Waals surface area (Å²) in [7, 11) is 0. The minimum atomic E-state index is -0.504. The number of carbonyl (C=O) groups excluding carboxylic acids is 2. The van der Waals surface area contributed by atoms with Gasteiger partial charge in [-0.05, 0) is 6.42 Å². The Morgan fingerprint density at radius 1 is 1.48 bits per heavy atom. The number of aromatic nitrogens is 1. The lowest BCUT2D eigenvalue weighted by atomic mass is 10.3. The van der Waals surface area contributed by atoms with Gasteiger partial charge in [0.2, 0.25) is 5.91 Å². The van der Waals surface area contributed by atoms with Gasteiger partial charge < -0.3 is 14.8 Å². The Labute approximate surface area is 121 Å². The van der Waals surface area contributed by atoms with Crippen LogP contribution in [0.5, 0.6) is 0 Å². The number of nitrogens with one attached hydrogen (secondary N) is 1. The Hall–Kier alpha value is -2.38. The van der Waals surface area contributed by atoms with Crippen LogP contribution in [0, 0.1) is 10.1 Å². The molecule has 2 rings (SSSR count). The van der Waals surface area contributed by atoms with Crippen LogP contribution in [-0.2, 0) is 11.3 Å². The Bertz CT molecular complexity index is 567. The third kappa shape index (κ3) is 3.39. The summed E-state index contributed by atoms with van der Waals surface area (Å²) in [4.78, 5) is 35.8. The van der Waals surface area contributed by atoms with Crippen LogP contribution in [0.15, 0.2) is 12.3 Å². The van der Waals surface area contributed by atoms with Crippen LogP contribution < -0.4 is 5.32 Å². The molecule has 1 saturated heterocycles. The van der Waals surface area contributed by atoms with Crippen LogP contribution in [0.3, 0.4) is 0 Å². The standard InChI is InChI=1S/C13H18N4O4/c1-2-5-16-9-10(17(20)21)8-11(16)13(19)15-6-3-12(18)14-4-7-15/h8-9H,2-7H2,1H3,(H,14,18). The second-order valence-electron chi connectivity index (χ2n) is 4.93. The molecule has 0 saturated carbocycles. The van der Waals surface area contributed by atoms with Crippen molar-refractivity contribution in [2.45, 2.75) is 26.3 Å². The average molecular weight is 294 g/mol. The summed E-state index contributed by atoms with van der Waals surface area (Å²) in [5.74, 6) is -0.353. The highest BCUT2D eigenvalue weighted by Crippen LogP contribution is 2.19. The zero-order valence-corrected chi connectivity index (χ0v) is 11.9. The van der Waals surface area contributed by atoms with E-state index >= 15 is 0 Å². The van der Waals surface area contributed by atoms with E-state index in [1.165, 1.54) is 12.3 Å². The normalized spacial score (nSPS) is 15.5. The van der Waals surface area contributed by atoms with Gasteiger partial charge in [0.05, 0.1) is 11.1 Å². The zero-order valence-electron chi connectivity index (χ0n) is 11.9. The molecule has 1 aliphatic rings. The molecule has 0 atom stereocenters. The van der Waals surface area contributed by atoms with Gasteiger partial charge in [-0.1, -0.05) is 6.92 Å². The fourth-order valence-electron chi connectivity index (χ4n) is 2.33. The van der Waals surface area contributed by atoms with Crippen LogP contribution in [0.4, 0.5) is 5.69 Å². The van der Waals surface area contributed by atoms with Gasteiger partial charge >= 0.3 is 0 Å². The molecule has 8 heteroatoms. The van der Waals surface area contributed by atoms with E-state index in [-0.39, 0.29) is 23.9 Å². The lowest BCUT2D eigenvalue weighted by molar-refractivity contribution is -0.384. The van der Waals surface area contributed by atoms with E-state index in [9.17, 15) is 19.7 Å². The number of nitro groups is 1. The van der Waals surface area contributed by atoms with Gasteiger partial charge in [-0.3, -0.25) is 19.7 Å². The van der Waals surface area contributed by atoms with Crippen molar-refractivity contribution >= 4 is 17.5 Å². The summed E-state index contributed by atoms with van der Waals surface area (Å²) < 4.78 is 1.61. The molecule has 1 N–H and O–H groups in total. The maximum Gasteiger partial charge on any atom is 0.287 e. The van der Waals surface area contributed by atoms with Crippen LogP contribution in [-0.4, -0.2) is 45.8 Å². The highest BCUT2D eigenvalue weighted by Gasteiger charge is 2.25. The van der Waals surface area contributed by atoms with E-state index in [4.69, 9.17) is 0 Å². The molecular weight excluding hydrogens is 276 g/mol. The lowest BCUT2D eigenvalue weighted by Crippen LogP contribution is -2.35. The molecule has 21 heavy (non-hydrogen) atoms. The Morgan fingerprint density at radius 2 is 2.24 bits per heavy atom. The van der Waals surface area contributed by atoms with Gasteiger partial charge in [0, 0.05) is 38.7 Å². The predicted molar refractivity (Wildman–Crippen MR) is 74.9 cm³/mol. The van der Waals surface area contributed by atoms with Gasteiger partial charge in [-0.25, -0.2) is 0 Å². The largest absolute Gasteiger partial charge is 0.354 e. The zero-order chi connectivity index (χ0) is 15.4. The number of hydrogen-bond acceptors (Lipinski definition) is 4. The number of rotatable bonds is 4. The summed E-state index contributed by atoms with van der Waals surface area (Å²) >= 11 is 0. The van der Waals surface area contributed by atoms with Crippen molar-refractivity contribution in [1.82, 2.24) is 14.8 Å². The number of amides is 2. The fraction of sp³-hybridized carbons (Fsp3) is 0.538. The van der Waals surface area contributed by atoms with E-state index in [1.54, 1.807) is 9.47 Å². The molecule has 0 aliphatic carbocycles. The van der Waals surface area contributed by atoms with Crippen molar-refractivity contribution in [3.8, 4) is 0 Å². The third-order valence-electron chi connectivity index (χ3n) is 3.38. The van der Waals surface area contributed by atoms with E-state index in [2.05, 4.69) is 5.32 Å². The first-order chi connectivity index (χ1) is 10.0. The first kappa shape index (κ1) is 15.0. The monoisotopic (exact) mass is 294 g/mol. The molecule has 1 fully saturated rings. The molecule has 2 heterocycles. The minimum absolute atomic E-state index is 0.0831. The molecule has 8 nitrogen and oxygen atoms in total. The molecule has 0 unspecified atom stereocenters. The van der Waals surface area contributed by atoms with Crippen molar-refractivity contribution in [2.75, 3.05) is 19.6 Å². The van der Waals surface area contributed by atoms with Gasteiger partial charge in [0.25, 0.3) is 11.6 Å². The van der Waals surface area contributed by atoms with Gasteiger partial charge in [-0.15, -0.1) is 0 Å². The summed E-state index contributed by atoms with van der Waals surface area (Å²) in [5.41, 5.74) is 0.216. The molecule has 114 valence electrons. The number of hydrogen-bond donors (Lipinski definition) is 1. The summed E-state index contributed by atoms with van der Waals surface area (Å²) in [6.07, 6.45) is 2.41. The first-order valence-corrected chi connectivity index (χ1v) is 6.93. The lowest BCUT2D eigenvalue weighted by Gasteiger charge is -2.20. The van der Waals surface area contributed by atoms with Crippen LogP contribution in [0.2, 0.25) is 0 Å². The van der Waals surface area contributed by atoms with Crippen LogP contribution >= 0.6 is 0 Å². The van der Waals surface area contributed by atoms with Crippen molar-refractivity contribution in [3.05, 3.63) is 28.1 Å². The van der Waals surface area contributed by atoms with Crippen molar-refractivity contribution in [2.24, 2.45) is 0 Å². The smallest absolute Gasteiger partial charge is 0.287 e. The van der Waals surface area contributed by atoms with E-state index < -0.39 is 4.92 Å². The maximum absolute atomic E-state index is 12.5. The molecule has 0 radical (unpaired) electrons. The average Bonchev–Trinajstić information content (AvgIpc) is 2.74. The van der Waals surface area contributed by atoms with E-state index in [1.807, 2.05) is 6.92 Å². The number of aryl methyl sites for hydroxylation is 1. The fourth-order valence-corrected chi connectivity index (χ4v) is 2.33. The van der Waals surface area contributed by atoms with E-state index in [0.717, 1.165) is 6.42 Å². The molecule has 0 spiro atoms. The maximum atomic E-state index is 12.5. The summed E-state index contributed by atoms with van der Waals surface area (Å²) in [5, 5.41) is 13.6. The minimum Gasteiger partial charge on any atom is -0.354 e. The molecule has 1 aromatic rings. The summed E-state index contributed by atoms with van der Waals surface area (Å²) in [6.45, 7) is 3.63. The number of nitrogens with zero attached hydrogens (tertiary/aromatic N) is 3. The number of carbonyl (C=O) groups is 2. The SMILES string of the molecule is CCCn1cc([N+](=O)[O-])cc1C(=O)N1CCNC(=O)CC1. The van der Waals surface area contributed by atoms with Gasteiger partial charge in [0.15, 0.2) is 0 Å². The van der Waals surface area contributed by atoms with Crippen molar-refractivity contribution in [1.29, 1.82) is 0 Å². The predicted octanol–water partition coefficient (Wildman–Crippen LogP) is 0.768. The molecule has 1 aromatic heterocycles. The highest BCUT2D eigenvalue weighted by atomic mass is 16.6. The quantitative estimate of drug-likeness (QED) is 0.655. The Morgan fingerprint density at radius 3 is 2.90 bits per heavy atom. The van der Waals surface area contributed by atoms with Crippen molar-refractivity contribution in [3.63, 3.8) is 0 Å². The topological polar surface area (TPSA) is 97.5 Å². The third-order valence-corrected chi connectivity index (χ3v) is 3.38. The highest BCUT2D eigenvalue weighted by molar-refractivity contribution is 5.94.